The van der Waals surface area contributed by atoms with Gasteiger partial charge in [-0.3, -0.25) is 9.89 Å². The lowest BCUT2D eigenvalue weighted by molar-refractivity contribution is 0.0947. The number of carbonyl (C=O) groups is 1. The number of hydrogen-bond donors (Lipinski definition) is 3. The monoisotopic (exact) mass is 512 g/mol. The Balaban J connectivity index is 1.44. The van der Waals surface area contributed by atoms with Crippen molar-refractivity contribution in [2.45, 2.75) is 11.7 Å². The number of benzene rings is 1. The molecule has 0 saturated heterocycles. The number of rotatable bonds is 12. The highest BCUT2D eigenvalue weighted by Gasteiger charge is 2.16. The molecular formula is C23H28N8O4S. The van der Waals surface area contributed by atoms with Crippen molar-refractivity contribution < 1.29 is 19.0 Å². The van der Waals surface area contributed by atoms with Crippen LogP contribution in [0.5, 0.6) is 11.5 Å². The fourth-order valence-corrected chi connectivity index (χ4v) is 3.92. The molecule has 3 heterocycles. The van der Waals surface area contributed by atoms with Crippen molar-refractivity contribution in [2.24, 2.45) is 0 Å². The van der Waals surface area contributed by atoms with Crippen molar-refractivity contribution in [3.63, 3.8) is 0 Å². The summed E-state index contributed by atoms with van der Waals surface area (Å²) in [5.74, 6) is 1.71. The predicted molar refractivity (Wildman–Crippen MR) is 137 cm³/mol. The zero-order valence-electron chi connectivity index (χ0n) is 20.5. The minimum absolute atomic E-state index is 0.284. The molecule has 0 saturated carbocycles. The van der Waals surface area contributed by atoms with Crippen molar-refractivity contribution >= 4 is 34.5 Å². The van der Waals surface area contributed by atoms with Gasteiger partial charge < -0.3 is 24.8 Å². The Labute approximate surface area is 212 Å². The van der Waals surface area contributed by atoms with E-state index in [4.69, 9.17) is 14.2 Å². The molecule has 4 rings (SSSR count). The average Bonchev–Trinajstić information content (AvgIpc) is 3.56. The largest absolute Gasteiger partial charge is 0.497 e. The van der Waals surface area contributed by atoms with Crippen LogP contribution in [0.4, 0.5) is 5.82 Å². The molecule has 190 valence electrons. The van der Waals surface area contributed by atoms with Crippen LogP contribution < -0.4 is 20.1 Å². The van der Waals surface area contributed by atoms with Crippen molar-refractivity contribution in [1.29, 1.82) is 0 Å². The van der Waals surface area contributed by atoms with Gasteiger partial charge in [-0.2, -0.15) is 10.2 Å². The third-order valence-corrected chi connectivity index (χ3v) is 5.92. The Morgan fingerprint density at radius 2 is 2.00 bits per heavy atom. The van der Waals surface area contributed by atoms with E-state index in [-0.39, 0.29) is 5.91 Å². The van der Waals surface area contributed by atoms with Crippen LogP contribution in [-0.4, -0.2) is 83.1 Å². The normalized spacial score (nSPS) is 11.0. The Kier molecular flexibility index (Phi) is 8.23. The quantitative estimate of drug-likeness (QED) is 0.147. The zero-order chi connectivity index (χ0) is 25.5. The maximum absolute atomic E-state index is 12.7. The first-order chi connectivity index (χ1) is 17.6. The molecule has 12 nitrogen and oxygen atoms in total. The van der Waals surface area contributed by atoms with Gasteiger partial charge in [0, 0.05) is 25.8 Å². The summed E-state index contributed by atoms with van der Waals surface area (Å²) in [6.45, 7) is 1.95. The van der Waals surface area contributed by atoms with E-state index in [1.807, 2.05) is 12.3 Å². The van der Waals surface area contributed by atoms with Crippen molar-refractivity contribution in [3.05, 3.63) is 36.2 Å². The number of ether oxygens (including phenoxy) is 3. The number of methoxy groups -OCH3 is 3. The molecular weight excluding hydrogens is 484 g/mol. The molecule has 0 radical (unpaired) electrons. The van der Waals surface area contributed by atoms with Gasteiger partial charge in [-0.15, -0.1) is 0 Å². The molecule has 0 fully saturated rings. The lowest BCUT2D eigenvalue weighted by Gasteiger charge is -2.09. The summed E-state index contributed by atoms with van der Waals surface area (Å²) in [6.07, 6.45) is 3.64. The Morgan fingerprint density at radius 1 is 1.14 bits per heavy atom. The SMILES string of the molecule is COCCNc1nc(SC)nc2c1cnn2CCNC(=O)c1cc(-c2cc(OC)ccc2OC)n[nH]1. The fraction of sp³-hybridized carbons (Fsp3) is 0.348. The van der Waals surface area contributed by atoms with E-state index in [9.17, 15) is 4.79 Å². The van der Waals surface area contributed by atoms with Crippen molar-refractivity contribution in [2.75, 3.05) is 52.6 Å². The van der Waals surface area contributed by atoms with E-state index in [1.165, 1.54) is 11.8 Å². The number of carbonyl (C=O) groups excluding carboxylic acids is 1. The van der Waals surface area contributed by atoms with Crippen molar-refractivity contribution in [3.8, 4) is 22.8 Å². The first-order valence-electron chi connectivity index (χ1n) is 11.1. The third kappa shape index (κ3) is 5.52. The van der Waals surface area contributed by atoms with E-state index in [2.05, 4.69) is 35.9 Å². The summed E-state index contributed by atoms with van der Waals surface area (Å²) >= 11 is 1.45. The number of nitrogens with zero attached hydrogens (tertiary/aromatic N) is 5. The van der Waals surface area contributed by atoms with E-state index in [0.29, 0.717) is 71.3 Å². The highest BCUT2D eigenvalue weighted by Crippen LogP contribution is 2.32. The minimum atomic E-state index is -0.284. The maximum atomic E-state index is 12.7. The lowest BCUT2D eigenvalue weighted by atomic mass is 10.1. The number of H-pyrrole nitrogens is 1. The van der Waals surface area contributed by atoms with Crippen LogP contribution in [0.3, 0.4) is 0 Å². The Morgan fingerprint density at radius 3 is 2.75 bits per heavy atom. The lowest BCUT2D eigenvalue weighted by Crippen LogP contribution is -2.27. The van der Waals surface area contributed by atoms with E-state index in [0.717, 1.165) is 5.39 Å². The molecule has 1 amide bonds. The molecule has 4 aromatic rings. The summed E-state index contributed by atoms with van der Waals surface area (Å²) in [4.78, 5) is 21.9. The highest BCUT2D eigenvalue weighted by atomic mass is 32.2. The molecule has 0 aliphatic carbocycles. The number of anilines is 1. The van der Waals surface area contributed by atoms with Gasteiger partial charge in [0.2, 0.25) is 0 Å². The summed E-state index contributed by atoms with van der Waals surface area (Å²) in [6, 6.07) is 7.07. The first kappa shape index (κ1) is 25.3. The van der Waals surface area contributed by atoms with Gasteiger partial charge in [-0.1, -0.05) is 11.8 Å². The molecule has 13 heteroatoms. The van der Waals surface area contributed by atoms with E-state index >= 15 is 0 Å². The van der Waals surface area contributed by atoms with Crippen molar-refractivity contribution in [1.82, 2.24) is 35.3 Å². The van der Waals surface area contributed by atoms with Gasteiger partial charge in [0.25, 0.3) is 5.91 Å². The molecule has 0 unspecified atom stereocenters. The second-order valence-electron chi connectivity index (χ2n) is 7.57. The molecule has 3 aromatic heterocycles. The van der Waals surface area contributed by atoms with Crippen LogP contribution >= 0.6 is 11.8 Å². The molecule has 0 atom stereocenters. The van der Waals surface area contributed by atoms with Gasteiger partial charge in [0.15, 0.2) is 10.8 Å². The maximum Gasteiger partial charge on any atom is 0.269 e. The van der Waals surface area contributed by atoms with Gasteiger partial charge in [0.1, 0.15) is 23.0 Å². The number of aromatic nitrogens is 6. The van der Waals surface area contributed by atoms with Crippen LogP contribution in [0.2, 0.25) is 0 Å². The van der Waals surface area contributed by atoms with Gasteiger partial charge in [-0.05, 0) is 30.5 Å². The Bertz CT molecular complexity index is 1340. The van der Waals surface area contributed by atoms with Crippen LogP contribution in [0.25, 0.3) is 22.3 Å². The van der Waals surface area contributed by atoms with Gasteiger partial charge in [0.05, 0.1) is 44.6 Å². The second-order valence-corrected chi connectivity index (χ2v) is 8.35. The molecule has 0 bridgehead atoms. The first-order valence-corrected chi connectivity index (χ1v) is 12.4. The highest BCUT2D eigenvalue weighted by molar-refractivity contribution is 7.98. The number of hydrogen-bond acceptors (Lipinski definition) is 10. The number of aromatic amines is 1. The minimum Gasteiger partial charge on any atom is -0.497 e. The third-order valence-electron chi connectivity index (χ3n) is 5.37. The van der Waals surface area contributed by atoms with Crippen LogP contribution in [0.15, 0.2) is 35.6 Å². The fourth-order valence-electron chi connectivity index (χ4n) is 3.56. The topological polar surface area (TPSA) is 141 Å². The number of thioether (sulfide) groups is 1. The number of nitrogens with one attached hydrogen (secondary N) is 3. The summed E-state index contributed by atoms with van der Waals surface area (Å²) in [5.41, 5.74) is 2.31. The van der Waals surface area contributed by atoms with Crippen LogP contribution in [-0.2, 0) is 11.3 Å². The summed E-state index contributed by atoms with van der Waals surface area (Å²) < 4.78 is 17.6. The van der Waals surface area contributed by atoms with E-state index in [1.54, 1.807) is 50.4 Å². The summed E-state index contributed by atoms with van der Waals surface area (Å²) in [7, 11) is 4.82. The average molecular weight is 513 g/mol. The molecule has 0 aliphatic rings. The second kappa shape index (κ2) is 11.7. The standard InChI is InChI=1S/C23H28N8O4S/c1-33-10-8-24-20-16-13-26-31(21(16)28-23(27-20)36-4)9-7-25-22(32)18-12-17(29-30-18)15-11-14(34-2)5-6-19(15)35-3/h5-6,11-13H,7-10H2,1-4H3,(H,25,32)(H,29,30)(H,24,27,28). The summed E-state index contributed by atoms with van der Waals surface area (Å²) in [5, 5.41) is 19.1. The molecule has 3 N–H and O–H groups in total. The van der Waals surface area contributed by atoms with E-state index < -0.39 is 0 Å². The van der Waals surface area contributed by atoms with Crippen LogP contribution in [0.1, 0.15) is 10.5 Å². The van der Waals surface area contributed by atoms with Crippen LogP contribution in [0, 0.1) is 0 Å². The smallest absolute Gasteiger partial charge is 0.269 e. The molecule has 36 heavy (non-hydrogen) atoms. The Hall–Kier alpha value is -3.84. The molecule has 0 spiro atoms. The predicted octanol–water partition coefficient (Wildman–Crippen LogP) is 2.44. The van der Waals surface area contributed by atoms with Gasteiger partial charge in [-0.25, -0.2) is 14.6 Å². The number of amides is 1. The number of fused-ring (bicyclic) bond motifs is 1. The molecule has 1 aromatic carbocycles. The van der Waals surface area contributed by atoms with Gasteiger partial charge >= 0.3 is 0 Å². The zero-order valence-corrected chi connectivity index (χ0v) is 21.3. The molecule has 0 aliphatic heterocycles.